The van der Waals surface area contributed by atoms with Crippen molar-refractivity contribution in [1.29, 1.82) is 0 Å². The minimum atomic E-state index is -4.15. The number of benzene rings is 3. The van der Waals surface area contributed by atoms with Gasteiger partial charge in [-0.05, 0) is 67.8 Å². The van der Waals surface area contributed by atoms with Crippen molar-refractivity contribution < 1.29 is 18.0 Å². The number of halogens is 3. The molecule has 0 aliphatic rings. The van der Waals surface area contributed by atoms with Crippen LogP contribution < -0.4 is 9.62 Å². The van der Waals surface area contributed by atoms with Crippen LogP contribution in [0.3, 0.4) is 0 Å². The summed E-state index contributed by atoms with van der Waals surface area (Å²) >= 11 is 15.9. The third-order valence-electron chi connectivity index (χ3n) is 6.27. The van der Waals surface area contributed by atoms with E-state index in [0.29, 0.717) is 38.7 Å². The van der Waals surface area contributed by atoms with Crippen molar-refractivity contribution in [2.45, 2.75) is 51.1 Å². The average molecular weight is 669 g/mol. The number of carbonyl (C=O) groups excluding carboxylic acids is 2. The van der Waals surface area contributed by atoms with Gasteiger partial charge >= 0.3 is 0 Å². The molecule has 0 aliphatic heterocycles. The van der Waals surface area contributed by atoms with Crippen LogP contribution in [0.4, 0.5) is 5.69 Å². The highest BCUT2D eigenvalue weighted by molar-refractivity contribution is 9.10. The standard InChI is InChI=1S/C29H32BrCl2N3O4S/c1-4-15-33-29(37)27(5-2)34(18-21-11-12-23(31)17-26(21)32)28(36)19-35(24-8-6-7-22(30)16-24)40(38,39)25-13-9-20(3)10-14-25/h6-14,16-17,27H,4-5,15,18-19H2,1-3H3,(H,33,37)/t27-/m1/s1. The quantitative estimate of drug-likeness (QED) is 0.236. The van der Waals surface area contributed by atoms with Crippen LogP contribution in [0.5, 0.6) is 0 Å². The molecule has 0 saturated heterocycles. The van der Waals surface area contributed by atoms with Crippen LogP contribution in [0.25, 0.3) is 0 Å². The van der Waals surface area contributed by atoms with Crippen LogP contribution in [0, 0.1) is 6.92 Å². The molecule has 0 spiro atoms. The lowest BCUT2D eigenvalue weighted by Crippen LogP contribution is -2.52. The van der Waals surface area contributed by atoms with E-state index in [0.717, 1.165) is 16.3 Å². The van der Waals surface area contributed by atoms with Crippen molar-refractivity contribution in [1.82, 2.24) is 10.2 Å². The Kier molecular flexibility index (Phi) is 11.5. The molecule has 7 nitrogen and oxygen atoms in total. The third-order valence-corrected chi connectivity index (χ3v) is 9.14. The summed E-state index contributed by atoms with van der Waals surface area (Å²) in [5, 5.41) is 3.63. The highest BCUT2D eigenvalue weighted by atomic mass is 79.9. The molecule has 1 atom stereocenters. The van der Waals surface area contributed by atoms with Crippen LogP contribution in [0.15, 0.2) is 76.1 Å². The van der Waals surface area contributed by atoms with Crippen LogP contribution in [0.1, 0.15) is 37.8 Å². The van der Waals surface area contributed by atoms with Gasteiger partial charge in [0.15, 0.2) is 0 Å². The van der Waals surface area contributed by atoms with Crippen molar-refractivity contribution in [2.75, 3.05) is 17.4 Å². The summed E-state index contributed by atoms with van der Waals surface area (Å²) < 4.78 is 29.5. The largest absolute Gasteiger partial charge is 0.354 e. The molecule has 0 fully saturated rings. The predicted molar refractivity (Wildman–Crippen MR) is 164 cm³/mol. The molecule has 0 radical (unpaired) electrons. The van der Waals surface area contributed by atoms with Gasteiger partial charge in [-0.15, -0.1) is 0 Å². The molecule has 2 amide bonds. The van der Waals surface area contributed by atoms with Gasteiger partial charge in [0.1, 0.15) is 12.6 Å². The van der Waals surface area contributed by atoms with Gasteiger partial charge in [-0.3, -0.25) is 13.9 Å². The number of anilines is 1. The van der Waals surface area contributed by atoms with Gasteiger partial charge < -0.3 is 10.2 Å². The summed E-state index contributed by atoms with van der Waals surface area (Å²) in [7, 11) is -4.15. The topological polar surface area (TPSA) is 86.8 Å². The first-order valence-corrected chi connectivity index (χ1v) is 15.8. The minimum Gasteiger partial charge on any atom is -0.354 e. The van der Waals surface area contributed by atoms with E-state index in [1.807, 2.05) is 13.8 Å². The Balaban J connectivity index is 2.07. The summed E-state index contributed by atoms with van der Waals surface area (Å²) in [6, 6.07) is 17.2. The van der Waals surface area contributed by atoms with E-state index in [2.05, 4.69) is 21.2 Å². The van der Waals surface area contributed by atoms with Crippen LogP contribution in [-0.2, 0) is 26.2 Å². The highest BCUT2D eigenvalue weighted by Gasteiger charge is 2.34. The molecule has 0 aromatic heterocycles. The number of amides is 2. The maximum Gasteiger partial charge on any atom is 0.264 e. The second-order valence-electron chi connectivity index (χ2n) is 9.28. The lowest BCUT2D eigenvalue weighted by atomic mass is 10.1. The molecular weight excluding hydrogens is 637 g/mol. The van der Waals surface area contributed by atoms with Crippen molar-refractivity contribution in [3.05, 3.63) is 92.4 Å². The predicted octanol–water partition coefficient (Wildman–Crippen LogP) is 6.59. The summed E-state index contributed by atoms with van der Waals surface area (Å²) in [6.45, 7) is 5.50. The molecule has 0 heterocycles. The van der Waals surface area contributed by atoms with Crippen LogP contribution in [-0.4, -0.2) is 44.3 Å². The van der Waals surface area contributed by atoms with Crippen LogP contribution >= 0.6 is 39.1 Å². The monoisotopic (exact) mass is 667 g/mol. The first-order valence-electron chi connectivity index (χ1n) is 12.8. The Morgan fingerprint density at radius 2 is 1.70 bits per heavy atom. The Hall–Kier alpha value is -2.59. The van der Waals surface area contributed by atoms with Crippen LogP contribution in [0.2, 0.25) is 10.0 Å². The summed E-state index contributed by atoms with van der Waals surface area (Å²) in [5.41, 5.74) is 1.78. The fraction of sp³-hybridized carbons (Fsp3) is 0.310. The molecule has 1 N–H and O–H groups in total. The zero-order valence-corrected chi connectivity index (χ0v) is 26.4. The highest BCUT2D eigenvalue weighted by Crippen LogP contribution is 2.28. The first kappa shape index (κ1) is 31.9. The molecule has 0 aliphatic carbocycles. The van der Waals surface area contributed by atoms with E-state index < -0.39 is 28.5 Å². The van der Waals surface area contributed by atoms with Gasteiger partial charge in [-0.2, -0.15) is 0 Å². The summed E-state index contributed by atoms with van der Waals surface area (Å²) in [5.74, 6) is -0.877. The fourth-order valence-corrected chi connectivity index (χ4v) is 6.38. The number of nitrogens with zero attached hydrogens (tertiary/aromatic N) is 2. The van der Waals surface area contributed by atoms with Gasteiger partial charge in [0.05, 0.1) is 10.6 Å². The normalized spacial score (nSPS) is 12.1. The molecule has 3 aromatic carbocycles. The van der Waals surface area contributed by atoms with Gasteiger partial charge in [-0.25, -0.2) is 8.42 Å². The smallest absolute Gasteiger partial charge is 0.264 e. The maximum atomic E-state index is 14.1. The zero-order chi connectivity index (χ0) is 29.4. The molecule has 0 saturated carbocycles. The van der Waals surface area contributed by atoms with Crippen molar-refractivity contribution >= 4 is 66.7 Å². The van der Waals surface area contributed by atoms with Gasteiger partial charge in [0.2, 0.25) is 11.8 Å². The minimum absolute atomic E-state index is 0.0101. The van der Waals surface area contributed by atoms with E-state index in [9.17, 15) is 18.0 Å². The van der Waals surface area contributed by atoms with Crippen molar-refractivity contribution in [3.63, 3.8) is 0 Å². The number of aryl methyl sites for hydroxylation is 1. The van der Waals surface area contributed by atoms with E-state index in [-0.39, 0.29) is 17.3 Å². The number of hydrogen-bond donors (Lipinski definition) is 1. The van der Waals surface area contributed by atoms with Gasteiger partial charge in [0.25, 0.3) is 10.0 Å². The van der Waals surface area contributed by atoms with E-state index in [1.165, 1.54) is 17.0 Å². The maximum absolute atomic E-state index is 14.1. The van der Waals surface area contributed by atoms with Crippen molar-refractivity contribution in [2.24, 2.45) is 0 Å². The number of nitrogens with one attached hydrogen (secondary N) is 1. The van der Waals surface area contributed by atoms with E-state index in [4.69, 9.17) is 23.2 Å². The second-order valence-corrected chi connectivity index (χ2v) is 12.9. The third kappa shape index (κ3) is 8.00. The number of rotatable bonds is 12. The molecule has 3 rings (SSSR count). The molecule has 0 bridgehead atoms. The SMILES string of the molecule is CCCNC(=O)[C@@H](CC)N(Cc1ccc(Cl)cc1Cl)C(=O)CN(c1cccc(Br)c1)S(=O)(=O)c1ccc(C)cc1. The summed E-state index contributed by atoms with van der Waals surface area (Å²) in [4.78, 5) is 28.7. The van der Waals surface area contributed by atoms with Gasteiger partial charge in [0, 0.05) is 27.6 Å². The van der Waals surface area contributed by atoms with Crippen molar-refractivity contribution in [3.8, 4) is 0 Å². The Bertz CT molecular complexity index is 1450. The average Bonchev–Trinajstić information content (AvgIpc) is 2.91. The van der Waals surface area contributed by atoms with E-state index in [1.54, 1.807) is 61.5 Å². The van der Waals surface area contributed by atoms with E-state index >= 15 is 0 Å². The van der Waals surface area contributed by atoms with Gasteiger partial charge in [-0.1, -0.05) is 82.8 Å². The Morgan fingerprint density at radius 1 is 1.00 bits per heavy atom. The Morgan fingerprint density at radius 3 is 2.30 bits per heavy atom. The molecule has 214 valence electrons. The summed E-state index contributed by atoms with van der Waals surface area (Å²) in [6.07, 6.45) is 1.04. The molecule has 40 heavy (non-hydrogen) atoms. The molecule has 11 heteroatoms. The number of carbonyl (C=O) groups is 2. The molecule has 0 unspecified atom stereocenters. The second kappa shape index (κ2) is 14.3. The lowest BCUT2D eigenvalue weighted by molar-refractivity contribution is -0.140. The fourth-order valence-electron chi connectivity index (χ4n) is 4.12. The zero-order valence-electron chi connectivity index (χ0n) is 22.5. The molecule has 3 aromatic rings. The number of hydrogen-bond acceptors (Lipinski definition) is 4. The lowest BCUT2D eigenvalue weighted by Gasteiger charge is -2.33. The number of sulfonamides is 1. The first-order chi connectivity index (χ1) is 19.0. The Labute approximate surface area is 254 Å². The molecular formula is C29H32BrCl2N3O4S.